The second kappa shape index (κ2) is 6.93. The summed E-state index contributed by atoms with van der Waals surface area (Å²) in [5.74, 6) is -0.458. The number of nitro benzene ring substituents is 1. The summed E-state index contributed by atoms with van der Waals surface area (Å²) >= 11 is 0. The van der Waals surface area contributed by atoms with Crippen molar-refractivity contribution in [2.75, 3.05) is 12.3 Å². The number of benzene rings is 1. The maximum absolute atomic E-state index is 15.4. The highest BCUT2D eigenvalue weighted by Gasteiger charge is 2.32. The molecular formula is C17H19FN4O4. The van der Waals surface area contributed by atoms with Gasteiger partial charge in [-0.15, -0.1) is 0 Å². The molecule has 1 aromatic carbocycles. The standard InChI is InChI=1S/C17H19FN4O4/c1-8-14(9(2)21-13(7-23)20-8)10-6-11(22(24)25)17(19)15(16(10)18)12-4-3-5-26-12/h6,12,23H,3-5,7,19H2,1-2H3/t12-/m0/s1. The highest BCUT2D eigenvalue weighted by atomic mass is 19.1. The number of hydrogen-bond acceptors (Lipinski definition) is 7. The van der Waals surface area contributed by atoms with Gasteiger partial charge in [0.1, 0.15) is 18.1 Å². The molecule has 0 bridgehead atoms. The molecule has 3 N–H and O–H groups in total. The topological polar surface area (TPSA) is 124 Å². The van der Waals surface area contributed by atoms with E-state index in [1.165, 1.54) is 0 Å². The fourth-order valence-electron chi connectivity index (χ4n) is 3.38. The SMILES string of the molecule is Cc1nc(CO)nc(C)c1-c1cc([N+](=O)[O-])c(N)c([C@@H]2CCCO2)c1F. The molecule has 2 heterocycles. The molecule has 0 unspecified atom stereocenters. The zero-order chi connectivity index (χ0) is 19.0. The van der Waals surface area contributed by atoms with Gasteiger partial charge in [-0.2, -0.15) is 0 Å². The van der Waals surface area contributed by atoms with Crippen molar-refractivity contribution in [3.63, 3.8) is 0 Å². The van der Waals surface area contributed by atoms with Gasteiger partial charge in [0.2, 0.25) is 0 Å². The van der Waals surface area contributed by atoms with Crippen molar-refractivity contribution in [1.29, 1.82) is 0 Å². The molecule has 26 heavy (non-hydrogen) atoms. The predicted molar refractivity (Wildman–Crippen MR) is 91.8 cm³/mol. The van der Waals surface area contributed by atoms with E-state index < -0.39 is 16.8 Å². The second-order valence-electron chi connectivity index (χ2n) is 6.19. The van der Waals surface area contributed by atoms with E-state index >= 15 is 4.39 Å². The zero-order valence-corrected chi connectivity index (χ0v) is 14.5. The zero-order valence-electron chi connectivity index (χ0n) is 14.5. The number of rotatable bonds is 4. The van der Waals surface area contributed by atoms with E-state index in [0.29, 0.717) is 30.0 Å². The largest absolute Gasteiger partial charge is 0.393 e. The Morgan fingerprint density at radius 1 is 1.42 bits per heavy atom. The van der Waals surface area contributed by atoms with Crippen LogP contribution in [0.4, 0.5) is 15.8 Å². The van der Waals surface area contributed by atoms with E-state index in [-0.39, 0.29) is 34.9 Å². The number of anilines is 1. The summed E-state index contributed by atoms with van der Waals surface area (Å²) < 4.78 is 20.9. The molecule has 1 aliphatic heterocycles. The number of aliphatic hydroxyl groups is 1. The van der Waals surface area contributed by atoms with Gasteiger partial charge in [0.15, 0.2) is 5.82 Å². The third-order valence-corrected chi connectivity index (χ3v) is 4.50. The first-order valence-corrected chi connectivity index (χ1v) is 8.18. The molecule has 0 aliphatic carbocycles. The van der Waals surface area contributed by atoms with E-state index in [9.17, 15) is 15.2 Å². The summed E-state index contributed by atoms with van der Waals surface area (Å²) in [6.45, 7) is 3.37. The van der Waals surface area contributed by atoms with Crippen molar-refractivity contribution in [2.45, 2.75) is 39.4 Å². The molecule has 1 aromatic heterocycles. The first kappa shape index (κ1) is 18.2. The molecule has 0 radical (unpaired) electrons. The number of nitrogens with two attached hydrogens (primary N) is 1. The number of aryl methyl sites for hydroxylation is 2. The molecule has 1 aliphatic rings. The lowest BCUT2D eigenvalue weighted by molar-refractivity contribution is -0.384. The minimum absolute atomic E-state index is 0.0101. The van der Waals surface area contributed by atoms with E-state index in [1.807, 2.05) is 0 Å². The van der Waals surface area contributed by atoms with E-state index in [2.05, 4.69) is 9.97 Å². The summed E-state index contributed by atoms with van der Waals surface area (Å²) in [7, 11) is 0. The molecule has 2 aromatic rings. The second-order valence-corrected chi connectivity index (χ2v) is 6.19. The Morgan fingerprint density at radius 3 is 2.58 bits per heavy atom. The van der Waals surface area contributed by atoms with Crippen molar-refractivity contribution >= 4 is 11.4 Å². The van der Waals surface area contributed by atoms with Crippen LogP contribution in [-0.2, 0) is 11.3 Å². The molecule has 1 atom stereocenters. The summed E-state index contributed by atoms with van der Waals surface area (Å²) in [5, 5.41) is 20.7. The summed E-state index contributed by atoms with van der Waals surface area (Å²) in [6.07, 6.45) is 0.653. The smallest absolute Gasteiger partial charge is 0.293 e. The van der Waals surface area contributed by atoms with Crippen LogP contribution in [-0.4, -0.2) is 26.6 Å². The Bertz CT molecular complexity index is 859. The average molecular weight is 362 g/mol. The first-order chi connectivity index (χ1) is 12.3. The van der Waals surface area contributed by atoms with Gasteiger partial charge in [0.05, 0.1) is 11.0 Å². The number of nitrogens with zero attached hydrogens (tertiary/aromatic N) is 3. The van der Waals surface area contributed by atoms with Crippen molar-refractivity contribution in [2.24, 2.45) is 0 Å². The number of aromatic nitrogens is 2. The van der Waals surface area contributed by atoms with Crippen molar-refractivity contribution in [3.8, 4) is 11.1 Å². The van der Waals surface area contributed by atoms with Gasteiger partial charge < -0.3 is 15.6 Å². The molecule has 138 valence electrons. The molecule has 3 rings (SSSR count). The van der Waals surface area contributed by atoms with Gasteiger partial charge in [-0.1, -0.05) is 0 Å². The van der Waals surface area contributed by atoms with Gasteiger partial charge in [-0.25, -0.2) is 14.4 Å². The lowest BCUT2D eigenvalue weighted by atomic mass is 9.94. The fraction of sp³-hybridized carbons (Fsp3) is 0.412. The quantitative estimate of drug-likeness (QED) is 0.487. The van der Waals surface area contributed by atoms with Crippen LogP contribution < -0.4 is 5.73 Å². The normalized spacial score (nSPS) is 16.8. The maximum atomic E-state index is 15.4. The Kier molecular flexibility index (Phi) is 4.84. The predicted octanol–water partition coefficient (Wildman–Crippen LogP) is 2.73. The molecular weight excluding hydrogens is 343 g/mol. The number of nitro groups is 1. The Labute approximate surface area is 149 Å². The van der Waals surface area contributed by atoms with Crippen LogP contribution in [0, 0.1) is 29.8 Å². The highest BCUT2D eigenvalue weighted by molar-refractivity contribution is 5.78. The third kappa shape index (κ3) is 2.99. The highest BCUT2D eigenvalue weighted by Crippen LogP contribution is 2.43. The molecule has 0 saturated carbocycles. The molecule has 8 nitrogen and oxygen atoms in total. The van der Waals surface area contributed by atoms with Crippen LogP contribution in [0.1, 0.15) is 41.7 Å². The van der Waals surface area contributed by atoms with Gasteiger partial charge in [-0.05, 0) is 26.7 Å². The summed E-state index contributed by atoms with van der Waals surface area (Å²) in [5.41, 5.74) is 6.51. The maximum Gasteiger partial charge on any atom is 0.293 e. The Balaban J connectivity index is 2.30. The third-order valence-electron chi connectivity index (χ3n) is 4.50. The van der Waals surface area contributed by atoms with Crippen LogP contribution in [0.5, 0.6) is 0 Å². The first-order valence-electron chi connectivity index (χ1n) is 8.18. The van der Waals surface area contributed by atoms with Gasteiger partial charge in [0, 0.05) is 40.8 Å². The monoisotopic (exact) mass is 362 g/mol. The number of aliphatic hydroxyl groups excluding tert-OH is 1. The van der Waals surface area contributed by atoms with Crippen LogP contribution >= 0.6 is 0 Å². The average Bonchev–Trinajstić information content (AvgIpc) is 3.09. The van der Waals surface area contributed by atoms with Crippen molar-refractivity contribution < 1.29 is 19.2 Å². The minimum Gasteiger partial charge on any atom is -0.393 e. The number of halogens is 1. The van der Waals surface area contributed by atoms with Crippen molar-refractivity contribution in [1.82, 2.24) is 9.97 Å². The molecule has 0 amide bonds. The lowest BCUT2D eigenvalue weighted by Gasteiger charge is -2.18. The molecule has 1 saturated heterocycles. The number of nitrogen functional groups attached to an aromatic ring is 1. The van der Waals surface area contributed by atoms with E-state index in [0.717, 1.165) is 12.5 Å². The van der Waals surface area contributed by atoms with Crippen LogP contribution in [0.15, 0.2) is 6.07 Å². The minimum atomic E-state index is -0.661. The molecule has 9 heteroatoms. The Morgan fingerprint density at radius 2 is 2.08 bits per heavy atom. The van der Waals surface area contributed by atoms with Crippen LogP contribution in [0.25, 0.3) is 11.1 Å². The summed E-state index contributed by atoms with van der Waals surface area (Å²) in [6, 6.07) is 1.11. The van der Waals surface area contributed by atoms with Crippen LogP contribution in [0.2, 0.25) is 0 Å². The van der Waals surface area contributed by atoms with E-state index in [4.69, 9.17) is 10.5 Å². The van der Waals surface area contributed by atoms with Gasteiger partial charge in [0.25, 0.3) is 5.69 Å². The fourth-order valence-corrected chi connectivity index (χ4v) is 3.38. The Hall–Kier alpha value is -2.65. The number of hydrogen-bond donors (Lipinski definition) is 2. The van der Waals surface area contributed by atoms with Gasteiger partial charge in [-0.3, -0.25) is 10.1 Å². The van der Waals surface area contributed by atoms with Gasteiger partial charge >= 0.3 is 0 Å². The van der Waals surface area contributed by atoms with Crippen LogP contribution in [0.3, 0.4) is 0 Å². The lowest BCUT2D eigenvalue weighted by Crippen LogP contribution is -2.11. The molecule has 0 spiro atoms. The molecule has 1 fully saturated rings. The van der Waals surface area contributed by atoms with Crippen molar-refractivity contribution in [3.05, 3.63) is 44.8 Å². The number of ether oxygens (including phenoxy) is 1. The van der Waals surface area contributed by atoms with E-state index in [1.54, 1.807) is 13.8 Å². The summed E-state index contributed by atoms with van der Waals surface area (Å²) in [4.78, 5) is 19.1.